The second kappa shape index (κ2) is 8.19. The lowest BCUT2D eigenvalue weighted by molar-refractivity contribution is 0.592. The van der Waals surface area contributed by atoms with Crippen molar-refractivity contribution in [1.82, 2.24) is 0 Å². The second-order valence-corrected chi connectivity index (χ2v) is 22.8. The monoisotopic (exact) mass is 447 g/mol. The lowest BCUT2D eigenvalue weighted by Crippen LogP contribution is -2.45. The maximum absolute atomic E-state index is 2.55. The molecule has 1 aliphatic carbocycles. The lowest BCUT2D eigenvalue weighted by Gasteiger charge is -2.28. The van der Waals surface area contributed by atoms with E-state index in [9.17, 15) is 0 Å². The molecular weight excluding hydrogens is 404 g/mol. The molecule has 1 atom stereocenters. The van der Waals surface area contributed by atoms with Gasteiger partial charge in [-0.15, -0.1) is 0 Å². The van der Waals surface area contributed by atoms with Crippen LogP contribution >= 0.6 is 0 Å². The van der Waals surface area contributed by atoms with E-state index < -0.39 is 16.1 Å². The molecule has 0 amide bonds. The Morgan fingerprint density at radius 2 is 1.39 bits per heavy atom. The molecule has 0 saturated heterocycles. The minimum absolute atomic E-state index is 0.103. The Balaban J connectivity index is 2.37. The van der Waals surface area contributed by atoms with Gasteiger partial charge in [0, 0.05) is 6.42 Å². The van der Waals surface area contributed by atoms with Gasteiger partial charge in [0.1, 0.15) is 0 Å². The van der Waals surface area contributed by atoms with Crippen molar-refractivity contribution in [3.63, 3.8) is 0 Å². The van der Waals surface area contributed by atoms with Crippen LogP contribution in [0.3, 0.4) is 0 Å². The first kappa shape index (κ1) is 24.3. The van der Waals surface area contributed by atoms with E-state index in [0.29, 0.717) is 5.92 Å². The van der Waals surface area contributed by atoms with E-state index >= 15 is 0 Å². The predicted molar refractivity (Wildman–Crippen MR) is 147 cm³/mol. The van der Waals surface area contributed by atoms with Crippen molar-refractivity contribution in [1.29, 1.82) is 0 Å². The summed E-state index contributed by atoms with van der Waals surface area (Å²) in [5.74, 6) is 0.601. The van der Waals surface area contributed by atoms with Crippen LogP contribution in [0.15, 0.2) is 35.9 Å². The van der Waals surface area contributed by atoms with Crippen LogP contribution in [0.25, 0.3) is 17.2 Å². The maximum atomic E-state index is 2.55. The molecule has 0 N–H and O–H groups in total. The summed E-state index contributed by atoms with van der Waals surface area (Å²) in [6.07, 6.45) is 6.10. The molecule has 1 radical (unpaired) electrons. The van der Waals surface area contributed by atoms with Crippen LogP contribution in [0, 0.1) is 12.3 Å². The van der Waals surface area contributed by atoms with Crippen molar-refractivity contribution in [2.75, 3.05) is 0 Å². The third kappa shape index (κ3) is 5.01. The molecule has 2 heteroatoms. The normalized spacial score (nSPS) is 15.6. The van der Waals surface area contributed by atoms with Gasteiger partial charge in [-0.2, -0.15) is 0 Å². The lowest BCUT2D eigenvalue weighted by atomic mass is 9.79. The molecule has 2 aromatic rings. The molecular formula is C29H43Si2. The Morgan fingerprint density at radius 1 is 0.839 bits per heavy atom. The Hall–Kier alpha value is -1.39. The first-order chi connectivity index (χ1) is 14.1. The molecule has 0 spiro atoms. The summed E-state index contributed by atoms with van der Waals surface area (Å²) in [5, 5.41) is 3.18. The molecule has 0 aliphatic heterocycles. The van der Waals surface area contributed by atoms with Gasteiger partial charge in [0.2, 0.25) is 0 Å². The summed E-state index contributed by atoms with van der Waals surface area (Å²) >= 11 is 0. The highest BCUT2D eigenvalue weighted by molar-refractivity contribution is 6.91. The third-order valence-electron chi connectivity index (χ3n) is 6.86. The Kier molecular flexibility index (Phi) is 6.41. The average Bonchev–Trinajstić information content (AvgIpc) is 3.08. The molecule has 1 aliphatic rings. The first-order valence-corrected chi connectivity index (χ1v) is 19.0. The van der Waals surface area contributed by atoms with Crippen molar-refractivity contribution >= 4 is 32.6 Å². The fourth-order valence-corrected chi connectivity index (χ4v) is 6.90. The van der Waals surface area contributed by atoms with Crippen LogP contribution in [0.5, 0.6) is 0 Å². The van der Waals surface area contributed by atoms with Crippen molar-refractivity contribution < 1.29 is 0 Å². The van der Waals surface area contributed by atoms with E-state index in [1.54, 1.807) is 10.4 Å². The fraction of sp³-hybridized carbons (Fsp3) is 0.483. The van der Waals surface area contributed by atoms with Gasteiger partial charge in [0.05, 0.1) is 16.1 Å². The summed E-state index contributed by atoms with van der Waals surface area (Å²) in [6.45, 7) is 26.6. The summed E-state index contributed by atoms with van der Waals surface area (Å²) in [4.78, 5) is 0. The quantitative estimate of drug-likeness (QED) is 0.411. The van der Waals surface area contributed by atoms with Crippen LogP contribution < -0.4 is 10.4 Å². The number of rotatable bonds is 5. The molecule has 0 heterocycles. The van der Waals surface area contributed by atoms with Crippen LogP contribution in [0.4, 0.5) is 0 Å². The van der Waals surface area contributed by atoms with Gasteiger partial charge >= 0.3 is 0 Å². The molecule has 1 unspecified atom stereocenters. The zero-order valence-corrected chi connectivity index (χ0v) is 23.8. The van der Waals surface area contributed by atoms with Crippen molar-refractivity contribution in [2.45, 2.75) is 85.7 Å². The van der Waals surface area contributed by atoms with E-state index in [4.69, 9.17) is 0 Å². The highest BCUT2D eigenvalue weighted by Gasteiger charge is 2.29. The number of hydrogen-bond acceptors (Lipinski definition) is 0. The smallest absolute Gasteiger partial charge is 0.0656 e. The maximum Gasteiger partial charge on any atom is 0.0776 e. The van der Waals surface area contributed by atoms with Crippen molar-refractivity contribution in [2.24, 2.45) is 5.92 Å². The Bertz CT molecular complexity index is 972. The zero-order chi connectivity index (χ0) is 23.4. The minimum Gasteiger partial charge on any atom is -0.0656 e. The van der Waals surface area contributed by atoms with Gasteiger partial charge in [-0.25, -0.2) is 0 Å². The molecule has 2 aromatic carbocycles. The Morgan fingerprint density at radius 3 is 1.84 bits per heavy atom. The fourth-order valence-electron chi connectivity index (χ4n) is 4.40. The molecule has 0 nitrogen and oxygen atoms in total. The molecule has 0 aromatic heterocycles. The summed E-state index contributed by atoms with van der Waals surface area (Å²) in [5.41, 5.74) is 8.80. The predicted octanol–water partition coefficient (Wildman–Crippen LogP) is 7.74. The third-order valence-corrected chi connectivity index (χ3v) is 10.9. The number of benzene rings is 2. The number of allylic oxidation sites excluding steroid dienone is 1. The van der Waals surface area contributed by atoms with Gasteiger partial charge in [0.25, 0.3) is 0 Å². The van der Waals surface area contributed by atoms with E-state index in [2.05, 4.69) is 117 Å². The van der Waals surface area contributed by atoms with E-state index in [-0.39, 0.29) is 5.41 Å². The molecule has 0 saturated carbocycles. The van der Waals surface area contributed by atoms with Crippen molar-refractivity contribution in [3.05, 3.63) is 59.0 Å². The highest BCUT2D eigenvalue weighted by atomic mass is 28.3. The highest BCUT2D eigenvalue weighted by Crippen LogP contribution is 2.43. The Labute approximate surface area is 194 Å². The largest absolute Gasteiger partial charge is 0.0776 e. The van der Waals surface area contributed by atoms with Gasteiger partial charge in [-0.05, 0) is 45.6 Å². The molecule has 3 rings (SSSR count). The van der Waals surface area contributed by atoms with Gasteiger partial charge in [-0.3, -0.25) is 0 Å². The topological polar surface area (TPSA) is 0 Å². The van der Waals surface area contributed by atoms with Crippen LogP contribution in [0.2, 0.25) is 39.3 Å². The van der Waals surface area contributed by atoms with Crippen LogP contribution in [-0.2, 0) is 5.41 Å². The molecule has 0 bridgehead atoms. The number of hydrogen-bond donors (Lipinski definition) is 0. The zero-order valence-electron chi connectivity index (χ0n) is 21.8. The number of fused-ring (bicyclic) bond motifs is 1. The van der Waals surface area contributed by atoms with Crippen LogP contribution in [-0.4, -0.2) is 16.1 Å². The molecule has 0 fully saturated rings. The van der Waals surface area contributed by atoms with E-state index in [0.717, 1.165) is 0 Å². The van der Waals surface area contributed by atoms with Gasteiger partial charge < -0.3 is 0 Å². The SMILES string of the molecule is CCC(C)C1=Cc2c(ccc(C(C)(C)C)c2-c2cc([Si](C)(C)C)cc([Si](C)(C)C)c2)[CH]1. The second-order valence-electron chi connectivity index (χ2n) is 12.6. The summed E-state index contributed by atoms with van der Waals surface area (Å²) in [7, 11) is -2.87. The van der Waals surface area contributed by atoms with E-state index in [1.165, 1.54) is 39.8 Å². The molecule has 31 heavy (non-hydrogen) atoms. The van der Waals surface area contributed by atoms with Gasteiger partial charge in [-0.1, -0.05) is 126 Å². The van der Waals surface area contributed by atoms with Crippen molar-refractivity contribution in [3.8, 4) is 11.1 Å². The minimum atomic E-state index is -1.43. The first-order valence-electron chi connectivity index (χ1n) is 12.0. The summed E-state index contributed by atoms with van der Waals surface area (Å²) < 4.78 is 0. The van der Waals surface area contributed by atoms with E-state index in [1.807, 2.05) is 0 Å². The standard InChI is InChI=1S/C29H43Si2/c1-12-20(2)22-15-21-13-14-27(29(3,4)5)28(26(21)18-22)23-16-24(30(6,7)8)19-25(17-23)31(9,10)11/h13-20H,12H2,1-11H3. The summed E-state index contributed by atoms with van der Waals surface area (Å²) in [6, 6.07) is 12.4. The van der Waals surface area contributed by atoms with Crippen LogP contribution in [0.1, 0.15) is 57.7 Å². The molecule has 167 valence electrons. The van der Waals surface area contributed by atoms with Gasteiger partial charge in [0.15, 0.2) is 0 Å². The average molecular weight is 448 g/mol.